The molecular weight excluding hydrogens is 420 g/mol. The van der Waals surface area contributed by atoms with E-state index in [1.54, 1.807) is 0 Å². The lowest BCUT2D eigenvalue weighted by molar-refractivity contribution is -0.139. The first-order valence-electron chi connectivity index (χ1n) is 12.3. The predicted molar refractivity (Wildman–Crippen MR) is 130 cm³/mol. The Labute approximate surface area is 197 Å². The van der Waals surface area contributed by atoms with Crippen LogP contribution in [0.25, 0.3) is 0 Å². The molecule has 2 aliphatic rings. The van der Waals surface area contributed by atoms with Gasteiger partial charge in [0.05, 0.1) is 13.2 Å². The van der Waals surface area contributed by atoms with Crippen LogP contribution in [0.2, 0.25) is 0 Å². The van der Waals surface area contributed by atoms with Gasteiger partial charge in [0.2, 0.25) is 0 Å². The molecular formula is C25H40N4O4. The van der Waals surface area contributed by atoms with Crippen molar-refractivity contribution in [3.05, 3.63) is 30.3 Å². The van der Waals surface area contributed by atoms with Crippen LogP contribution in [0.1, 0.15) is 33.1 Å². The Kier molecular flexibility index (Phi) is 9.81. The molecule has 1 aromatic rings. The second-order valence-electron chi connectivity index (χ2n) is 9.52. The zero-order valence-corrected chi connectivity index (χ0v) is 20.1. The van der Waals surface area contributed by atoms with Crippen molar-refractivity contribution in [2.45, 2.75) is 39.2 Å². The number of morpholine rings is 1. The van der Waals surface area contributed by atoms with Crippen molar-refractivity contribution in [1.82, 2.24) is 15.1 Å². The van der Waals surface area contributed by atoms with Gasteiger partial charge in [-0.15, -0.1) is 0 Å². The molecule has 0 saturated carbocycles. The minimum Gasteiger partial charge on any atom is -0.481 e. The number of anilines is 1. The molecule has 1 aromatic carbocycles. The normalized spacial score (nSPS) is 21.7. The summed E-state index contributed by atoms with van der Waals surface area (Å²) in [6, 6.07) is 10.5. The first-order chi connectivity index (χ1) is 15.9. The lowest BCUT2D eigenvalue weighted by Gasteiger charge is -2.39. The second kappa shape index (κ2) is 12.8. The van der Waals surface area contributed by atoms with Crippen molar-refractivity contribution in [3.8, 4) is 0 Å². The van der Waals surface area contributed by atoms with Crippen molar-refractivity contribution >= 4 is 17.7 Å². The summed E-state index contributed by atoms with van der Waals surface area (Å²) >= 11 is 0. The average Bonchev–Trinajstić information content (AvgIpc) is 2.80. The maximum atomic E-state index is 12.6. The molecule has 0 radical (unpaired) electrons. The van der Waals surface area contributed by atoms with Gasteiger partial charge in [-0.3, -0.25) is 9.69 Å². The fraction of sp³-hybridized carbons (Fsp3) is 0.680. The van der Waals surface area contributed by atoms with E-state index in [1.807, 2.05) is 24.8 Å². The number of carbonyl (C=O) groups is 2. The van der Waals surface area contributed by atoms with Crippen LogP contribution in [0.4, 0.5) is 10.5 Å². The number of amides is 2. The summed E-state index contributed by atoms with van der Waals surface area (Å²) in [6.07, 6.45) is 1.77. The molecule has 184 valence electrons. The van der Waals surface area contributed by atoms with Crippen molar-refractivity contribution in [1.29, 1.82) is 0 Å². The van der Waals surface area contributed by atoms with Gasteiger partial charge >= 0.3 is 12.0 Å². The molecule has 0 spiro atoms. The SMILES string of the molecule is CC(C)NC(=O)N1CC[C@@H](CC(=O)O)[C@@H](CCN(CCN2CCOCC2)c2ccccc2)C1. The van der Waals surface area contributed by atoms with Gasteiger partial charge in [-0.2, -0.15) is 0 Å². The summed E-state index contributed by atoms with van der Waals surface area (Å²) in [4.78, 5) is 30.8. The molecule has 2 aliphatic heterocycles. The van der Waals surface area contributed by atoms with E-state index in [2.05, 4.69) is 39.4 Å². The molecule has 0 aromatic heterocycles. The summed E-state index contributed by atoms with van der Waals surface area (Å²) in [5, 5.41) is 12.4. The Balaban J connectivity index is 1.64. The number of nitrogens with one attached hydrogen (secondary N) is 1. The number of nitrogens with zero attached hydrogens (tertiary/aromatic N) is 3. The summed E-state index contributed by atoms with van der Waals surface area (Å²) in [5.41, 5.74) is 1.19. The van der Waals surface area contributed by atoms with Crippen LogP contribution in [0.15, 0.2) is 30.3 Å². The van der Waals surface area contributed by atoms with Gasteiger partial charge in [0.1, 0.15) is 0 Å². The second-order valence-corrected chi connectivity index (χ2v) is 9.52. The van der Waals surface area contributed by atoms with E-state index in [0.29, 0.717) is 13.1 Å². The van der Waals surface area contributed by atoms with Gasteiger partial charge < -0.3 is 25.0 Å². The number of piperidine rings is 1. The predicted octanol–water partition coefficient (Wildman–Crippen LogP) is 2.75. The van der Waals surface area contributed by atoms with Crippen molar-refractivity contribution in [3.63, 3.8) is 0 Å². The highest BCUT2D eigenvalue weighted by atomic mass is 16.5. The molecule has 0 bridgehead atoms. The molecule has 3 rings (SSSR count). The average molecular weight is 461 g/mol. The van der Waals surface area contributed by atoms with Gasteiger partial charge in [0, 0.05) is 64.0 Å². The number of hydrogen-bond acceptors (Lipinski definition) is 5. The molecule has 2 saturated heterocycles. The highest BCUT2D eigenvalue weighted by molar-refractivity contribution is 5.74. The Morgan fingerprint density at radius 1 is 1.12 bits per heavy atom. The summed E-state index contributed by atoms with van der Waals surface area (Å²) in [5.74, 6) is -0.484. The highest BCUT2D eigenvalue weighted by Crippen LogP contribution is 2.30. The number of carboxylic acids is 1. The fourth-order valence-electron chi connectivity index (χ4n) is 4.84. The summed E-state index contributed by atoms with van der Waals surface area (Å²) in [6.45, 7) is 11.4. The molecule has 2 amide bonds. The zero-order valence-electron chi connectivity index (χ0n) is 20.1. The van der Waals surface area contributed by atoms with E-state index in [-0.39, 0.29) is 30.3 Å². The van der Waals surface area contributed by atoms with Gasteiger partial charge in [0.25, 0.3) is 0 Å². The number of ether oxygens (including phenoxy) is 1. The van der Waals surface area contributed by atoms with E-state index in [9.17, 15) is 14.7 Å². The van der Waals surface area contributed by atoms with Crippen LogP contribution in [-0.4, -0.2) is 92.0 Å². The molecule has 0 aliphatic carbocycles. The zero-order chi connectivity index (χ0) is 23.6. The first kappa shape index (κ1) is 25.3. The van der Waals surface area contributed by atoms with E-state index in [0.717, 1.165) is 58.8 Å². The van der Waals surface area contributed by atoms with Crippen LogP contribution in [0.3, 0.4) is 0 Å². The maximum absolute atomic E-state index is 12.6. The third kappa shape index (κ3) is 8.19. The third-order valence-corrected chi connectivity index (χ3v) is 6.71. The fourth-order valence-corrected chi connectivity index (χ4v) is 4.84. The van der Waals surface area contributed by atoms with Gasteiger partial charge in [0.15, 0.2) is 0 Å². The molecule has 2 heterocycles. The number of aliphatic carboxylic acids is 1. The largest absolute Gasteiger partial charge is 0.481 e. The lowest BCUT2D eigenvalue weighted by Crippen LogP contribution is -2.50. The van der Waals surface area contributed by atoms with E-state index < -0.39 is 5.97 Å². The molecule has 0 unspecified atom stereocenters. The Morgan fingerprint density at radius 3 is 2.52 bits per heavy atom. The van der Waals surface area contributed by atoms with E-state index in [1.165, 1.54) is 5.69 Å². The minimum atomic E-state index is -0.752. The monoisotopic (exact) mass is 460 g/mol. The number of para-hydroxylation sites is 1. The Bertz CT molecular complexity index is 739. The lowest BCUT2D eigenvalue weighted by atomic mass is 9.81. The third-order valence-electron chi connectivity index (χ3n) is 6.71. The minimum absolute atomic E-state index is 0.0454. The van der Waals surface area contributed by atoms with Crippen LogP contribution in [0, 0.1) is 11.8 Å². The summed E-state index contributed by atoms with van der Waals surface area (Å²) < 4.78 is 5.47. The number of benzene rings is 1. The van der Waals surface area contributed by atoms with Crippen LogP contribution in [0.5, 0.6) is 0 Å². The topological polar surface area (TPSA) is 85.3 Å². The van der Waals surface area contributed by atoms with Crippen molar-refractivity contribution < 1.29 is 19.4 Å². The molecule has 2 fully saturated rings. The summed E-state index contributed by atoms with van der Waals surface area (Å²) in [7, 11) is 0. The van der Waals surface area contributed by atoms with Gasteiger partial charge in [-0.25, -0.2) is 4.79 Å². The Morgan fingerprint density at radius 2 is 1.85 bits per heavy atom. The number of urea groups is 1. The van der Waals surface area contributed by atoms with Crippen LogP contribution >= 0.6 is 0 Å². The van der Waals surface area contributed by atoms with Gasteiger partial charge in [-0.05, 0) is 50.7 Å². The number of likely N-dealkylation sites (tertiary alicyclic amines) is 1. The molecule has 8 nitrogen and oxygen atoms in total. The number of hydrogen-bond donors (Lipinski definition) is 2. The smallest absolute Gasteiger partial charge is 0.317 e. The Hall–Kier alpha value is -2.32. The quantitative estimate of drug-likeness (QED) is 0.559. The van der Waals surface area contributed by atoms with Crippen molar-refractivity contribution in [2.24, 2.45) is 11.8 Å². The maximum Gasteiger partial charge on any atom is 0.317 e. The first-order valence-corrected chi connectivity index (χ1v) is 12.3. The standard InChI is InChI=1S/C25H40N4O4/c1-20(2)26-25(32)29-11-8-21(18-24(30)31)22(19-29)9-10-28(23-6-4-3-5-7-23)13-12-27-14-16-33-17-15-27/h3-7,20-22H,8-19H2,1-2H3,(H,26,32)(H,30,31)/t21-,22-/m0/s1. The van der Waals surface area contributed by atoms with Gasteiger partial charge in [-0.1, -0.05) is 18.2 Å². The van der Waals surface area contributed by atoms with E-state index in [4.69, 9.17) is 4.74 Å². The molecule has 8 heteroatoms. The molecule has 33 heavy (non-hydrogen) atoms. The van der Waals surface area contributed by atoms with Crippen LogP contribution < -0.4 is 10.2 Å². The highest BCUT2D eigenvalue weighted by Gasteiger charge is 2.33. The molecule has 2 N–H and O–H groups in total. The van der Waals surface area contributed by atoms with E-state index >= 15 is 0 Å². The number of carbonyl (C=O) groups excluding carboxylic acids is 1. The number of rotatable bonds is 10. The van der Waals surface area contributed by atoms with Crippen LogP contribution in [-0.2, 0) is 9.53 Å². The number of carboxylic acid groups (broad SMARTS) is 1. The van der Waals surface area contributed by atoms with Crippen molar-refractivity contribution in [2.75, 3.05) is 63.9 Å². The molecule has 2 atom stereocenters.